The fourth-order valence-corrected chi connectivity index (χ4v) is 10.1. The fraction of sp³-hybridized carbons (Fsp3) is 0.395. The molecule has 2 N–H and O–H groups in total. The van der Waals surface area contributed by atoms with Crippen LogP contribution < -0.4 is 14.9 Å². The highest BCUT2D eigenvalue weighted by atomic mass is 32.2. The fourth-order valence-electron chi connectivity index (χ4n) is 8.63. The summed E-state index contributed by atoms with van der Waals surface area (Å²) in [5.41, 5.74) is -2.93. The molecule has 0 spiro atoms. The second-order valence-corrected chi connectivity index (χ2v) is 20.2. The Hall–Kier alpha value is -6.48. The summed E-state index contributed by atoms with van der Waals surface area (Å²) in [6.45, 7) is 5.52. The third kappa shape index (κ3) is 8.69. The molecule has 9 rings (SSSR count). The number of anilines is 2. The minimum absolute atomic E-state index is 0.00967. The lowest BCUT2D eigenvalue weighted by atomic mass is 9.84. The summed E-state index contributed by atoms with van der Waals surface area (Å²) < 4.78 is 139. The summed E-state index contributed by atoms with van der Waals surface area (Å²) in [6, 6.07) is 7.87. The van der Waals surface area contributed by atoms with Crippen LogP contribution in [0.1, 0.15) is 60.9 Å². The van der Waals surface area contributed by atoms with E-state index in [0.717, 1.165) is 18.4 Å². The third-order valence-electron chi connectivity index (χ3n) is 11.4. The molecule has 2 aromatic carbocycles. The number of carbonyl (C=O) groups excluding carboxylic acids is 2. The summed E-state index contributed by atoms with van der Waals surface area (Å²) in [5, 5.41) is 11.4. The van der Waals surface area contributed by atoms with E-state index in [1.807, 2.05) is 4.90 Å². The first kappa shape index (κ1) is 45.7. The molecule has 1 aliphatic heterocycles. The van der Waals surface area contributed by atoms with Crippen LogP contribution in [-0.2, 0) is 51.7 Å². The average molecular weight is 973 g/mol. The summed E-state index contributed by atoms with van der Waals surface area (Å²) in [7, 11) is -2.26. The standard InChI is InChI=1S/C43H39F7N10O5S2/c1-41(2,3)65-40(62)59-13-11-58(12-14-59)39-53-38-30(66-39)19-27(24-7-6-8-26-34(24)57(4)55-37(26)56-67(5,63)64)33(52-38)29(17-21-15-22(44)18-23(45)16-21)51-31(61)20-60-36-32(35(54-60)43(48,49)50)25-9-10-28(25)42(36,46)47/h6-8,15-16,18-19,25,28-29H,11-14,17,20H2,1-5H3,(H,51,61)(H,55,56)/t25-,28+,29-/m0/s1. The molecule has 5 heterocycles. The van der Waals surface area contributed by atoms with Crippen LogP contribution in [0, 0.1) is 29.4 Å². The number of alkyl halides is 5. The van der Waals surface area contributed by atoms with Gasteiger partial charge in [-0.1, -0.05) is 35.3 Å². The van der Waals surface area contributed by atoms with Gasteiger partial charge in [0.05, 0.1) is 34.1 Å². The van der Waals surface area contributed by atoms with Gasteiger partial charge in [-0.3, -0.25) is 18.9 Å². The van der Waals surface area contributed by atoms with Gasteiger partial charge in [0.1, 0.15) is 35.4 Å². The van der Waals surface area contributed by atoms with E-state index >= 15 is 8.78 Å². The van der Waals surface area contributed by atoms with E-state index in [-0.39, 0.29) is 22.7 Å². The molecule has 1 fully saturated rings. The molecular formula is C43H39F7N10O5S2. The minimum atomic E-state index is -5.16. The number of nitrogens with one attached hydrogen (secondary N) is 2. The molecule has 6 aromatic rings. The SMILES string of the molecule is Cn1nc(NS(C)(=O)=O)c2cccc(-c3cc4sc(N5CCN(C(=O)OC(C)(C)C)CC5)nc4nc3[C@H](Cc3cc(F)cc(F)c3)NC(=O)Cn3nc(C(F)(F)F)c4c3C(F)(F)[C@@H]3C#C[C@H]43)c21. The zero-order valence-corrected chi connectivity index (χ0v) is 37.7. The normalized spacial score (nSPS) is 18.3. The first-order chi connectivity index (χ1) is 31.3. The number of pyridine rings is 1. The molecule has 0 bridgehead atoms. The highest BCUT2D eigenvalue weighted by molar-refractivity contribution is 7.92. The van der Waals surface area contributed by atoms with Crippen molar-refractivity contribution in [3.63, 3.8) is 0 Å². The van der Waals surface area contributed by atoms with E-state index in [4.69, 9.17) is 14.7 Å². The van der Waals surface area contributed by atoms with Crippen molar-refractivity contribution in [2.45, 2.75) is 63.4 Å². The maximum Gasteiger partial charge on any atom is 0.435 e. The molecule has 0 unspecified atom stereocenters. The van der Waals surface area contributed by atoms with Crippen molar-refractivity contribution in [3.05, 3.63) is 82.3 Å². The molecule has 2 amide bonds. The summed E-state index contributed by atoms with van der Waals surface area (Å²) in [6.07, 6.45) is -5.06. The Labute approximate surface area is 381 Å². The lowest BCUT2D eigenvalue weighted by Gasteiger charge is -2.35. The molecule has 0 saturated carbocycles. The number of benzene rings is 2. The maximum absolute atomic E-state index is 15.7. The first-order valence-electron chi connectivity index (χ1n) is 20.6. The highest BCUT2D eigenvalue weighted by Gasteiger charge is 2.62. The van der Waals surface area contributed by atoms with Gasteiger partial charge in [0.25, 0.3) is 0 Å². The van der Waals surface area contributed by atoms with Crippen LogP contribution in [-0.4, -0.2) is 92.9 Å². The molecule has 3 aliphatic rings. The number of thiazole rings is 1. The van der Waals surface area contributed by atoms with Crippen LogP contribution in [0.4, 0.5) is 46.5 Å². The number of sulfonamides is 1. The van der Waals surface area contributed by atoms with E-state index in [2.05, 4.69) is 32.1 Å². The lowest BCUT2D eigenvalue weighted by Crippen LogP contribution is -2.50. The number of aromatic nitrogens is 6. The van der Waals surface area contributed by atoms with Crippen LogP contribution >= 0.6 is 11.3 Å². The molecular weight excluding hydrogens is 934 g/mol. The van der Waals surface area contributed by atoms with Gasteiger partial charge in [-0.2, -0.15) is 37.1 Å². The van der Waals surface area contributed by atoms with E-state index in [1.54, 1.807) is 57.0 Å². The summed E-state index contributed by atoms with van der Waals surface area (Å²) in [4.78, 5) is 40.3. The molecule has 2 aliphatic carbocycles. The molecule has 15 nitrogen and oxygen atoms in total. The number of ether oxygens (including phenoxy) is 1. The molecule has 4 aromatic heterocycles. The number of fused-ring (bicyclic) bond motifs is 5. The monoisotopic (exact) mass is 972 g/mol. The molecule has 1 saturated heterocycles. The minimum Gasteiger partial charge on any atom is -0.444 e. The van der Waals surface area contributed by atoms with Crippen molar-refractivity contribution in [2.75, 3.05) is 42.1 Å². The summed E-state index contributed by atoms with van der Waals surface area (Å²) in [5.74, 6) is -5.49. The molecule has 3 atom stereocenters. The average Bonchev–Trinajstić information content (AvgIpc) is 3.91. The Kier molecular flexibility index (Phi) is 11.0. The molecule has 352 valence electrons. The number of piperazine rings is 1. The number of halogens is 7. The number of rotatable bonds is 10. The Balaban J connectivity index is 1.16. The van der Waals surface area contributed by atoms with E-state index in [9.17, 15) is 40.0 Å². The van der Waals surface area contributed by atoms with Crippen molar-refractivity contribution in [1.82, 2.24) is 39.7 Å². The second kappa shape index (κ2) is 16.1. The van der Waals surface area contributed by atoms with Crippen LogP contribution in [0.15, 0.2) is 42.5 Å². The molecule has 0 radical (unpaired) electrons. The highest BCUT2D eigenvalue weighted by Crippen LogP contribution is 2.58. The van der Waals surface area contributed by atoms with Crippen molar-refractivity contribution in [1.29, 1.82) is 0 Å². The van der Waals surface area contributed by atoms with Gasteiger partial charge in [-0.25, -0.2) is 27.0 Å². The second-order valence-electron chi connectivity index (χ2n) is 17.5. The van der Waals surface area contributed by atoms with E-state index in [0.29, 0.717) is 68.8 Å². The van der Waals surface area contributed by atoms with Crippen LogP contribution in [0.25, 0.3) is 32.4 Å². The quantitative estimate of drug-likeness (QED) is 0.107. The van der Waals surface area contributed by atoms with Gasteiger partial charge in [-0.15, -0.1) is 0 Å². The Bertz CT molecular complexity index is 3180. The number of hydrogen-bond donors (Lipinski definition) is 2. The van der Waals surface area contributed by atoms with Gasteiger partial charge in [0.15, 0.2) is 22.3 Å². The van der Waals surface area contributed by atoms with Gasteiger partial charge in [0.2, 0.25) is 15.9 Å². The van der Waals surface area contributed by atoms with Crippen molar-refractivity contribution < 1.29 is 53.5 Å². The lowest BCUT2D eigenvalue weighted by molar-refractivity contribution is -0.142. The Morgan fingerprint density at radius 3 is 2.31 bits per heavy atom. The van der Waals surface area contributed by atoms with Crippen LogP contribution in [0.5, 0.6) is 0 Å². The van der Waals surface area contributed by atoms with Crippen LogP contribution in [0.2, 0.25) is 0 Å². The predicted molar refractivity (Wildman–Crippen MR) is 232 cm³/mol. The third-order valence-corrected chi connectivity index (χ3v) is 13.0. The largest absolute Gasteiger partial charge is 0.444 e. The van der Waals surface area contributed by atoms with Gasteiger partial charge in [0, 0.05) is 61.4 Å². The molecule has 24 heteroatoms. The van der Waals surface area contributed by atoms with Gasteiger partial charge >= 0.3 is 18.2 Å². The van der Waals surface area contributed by atoms with Crippen molar-refractivity contribution in [2.24, 2.45) is 13.0 Å². The number of para-hydroxylation sites is 1. The number of carbonyl (C=O) groups is 2. The number of nitrogens with zero attached hydrogens (tertiary/aromatic N) is 8. The number of hydrogen-bond acceptors (Lipinski definition) is 11. The first-order valence-corrected chi connectivity index (χ1v) is 23.3. The van der Waals surface area contributed by atoms with Crippen molar-refractivity contribution in [3.8, 4) is 23.0 Å². The van der Waals surface area contributed by atoms with Crippen LogP contribution in [0.3, 0.4) is 0 Å². The van der Waals surface area contributed by atoms with Crippen molar-refractivity contribution >= 4 is 65.6 Å². The Morgan fingerprint density at radius 2 is 1.69 bits per heavy atom. The smallest absolute Gasteiger partial charge is 0.435 e. The maximum atomic E-state index is 15.7. The van der Waals surface area contributed by atoms with Gasteiger partial charge in [-0.05, 0) is 57.0 Å². The number of aryl methyl sites for hydroxylation is 1. The molecule has 67 heavy (non-hydrogen) atoms. The zero-order chi connectivity index (χ0) is 48.1. The predicted octanol–water partition coefficient (Wildman–Crippen LogP) is 7.09. The topological polar surface area (TPSA) is 169 Å². The Morgan fingerprint density at radius 1 is 0.985 bits per heavy atom. The number of amides is 2. The zero-order valence-electron chi connectivity index (χ0n) is 36.1. The van der Waals surface area contributed by atoms with E-state index < -0.39 is 99.2 Å². The van der Waals surface area contributed by atoms with Gasteiger partial charge < -0.3 is 19.9 Å². The summed E-state index contributed by atoms with van der Waals surface area (Å²) >= 11 is 1.25. The van der Waals surface area contributed by atoms with E-state index in [1.165, 1.54) is 16.0 Å².